The number of carbonyl (C=O) groups excluding carboxylic acids is 1. The number of rotatable bonds is 7. The zero-order valence-electron chi connectivity index (χ0n) is 17.4. The predicted molar refractivity (Wildman–Crippen MR) is 117 cm³/mol. The topological polar surface area (TPSA) is 51.2 Å². The Bertz CT molecular complexity index is 904. The van der Waals surface area contributed by atoms with Gasteiger partial charge in [0.1, 0.15) is 12.4 Å². The SMILES string of the molecule is COc1ccccc1N1CCN(CCCC(=O)c2ccc3c(c2)OC=CCO3)CC1. The van der Waals surface area contributed by atoms with Gasteiger partial charge in [-0.1, -0.05) is 12.1 Å². The van der Waals surface area contributed by atoms with Crippen molar-refractivity contribution in [3.63, 3.8) is 0 Å². The smallest absolute Gasteiger partial charge is 0.169 e. The van der Waals surface area contributed by atoms with Crippen LogP contribution in [0.4, 0.5) is 5.69 Å². The number of benzene rings is 2. The Hall–Kier alpha value is -2.99. The van der Waals surface area contributed by atoms with E-state index in [1.54, 1.807) is 25.5 Å². The summed E-state index contributed by atoms with van der Waals surface area (Å²) in [6, 6.07) is 13.6. The Morgan fingerprint density at radius 1 is 1.07 bits per heavy atom. The highest BCUT2D eigenvalue weighted by Gasteiger charge is 2.20. The number of nitrogens with zero attached hydrogens (tertiary/aromatic N) is 2. The number of hydrogen-bond acceptors (Lipinski definition) is 6. The second kappa shape index (κ2) is 9.67. The van der Waals surface area contributed by atoms with Gasteiger partial charge in [-0.25, -0.2) is 0 Å². The Morgan fingerprint density at radius 2 is 1.90 bits per heavy atom. The molecule has 0 aliphatic carbocycles. The molecule has 6 nitrogen and oxygen atoms in total. The first kappa shape index (κ1) is 20.3. The van der Waals surface area contributed by atoms with Crippen molar-refractivity contribution in [2.75, 3.05) is 51.3 Å². The van der Waals surface area contributed by atoms with Crippen molar-refractivity contribution in [2.45, 2.75) is 12.8 Å². The number of methoxy groups -OCH3 is 1. The zero-order valence-corrected chi connectivity index (χ0v) is 17.4. The van der Waals surface area contributed by atoms with E-state index in [-0.39, 0.29) is 5.78 Å². The van der Waals surface area contributed by atoms with Crippen molar-refractivity contribution in [3.8, 4) is 17.2 Å². The number of Topliss-reactive ketones (excluding diaryl/α,β-unsaturated/α-hetero) is 1. The molecule has 30 heavy (non-hydrogen) atoms. The summed E-state index contributed by atoms with van der Waals surface area (Å²) in [4.78, 5) is 17.4. The minimum Gasteiger partial charge on any atom is -0.495 e. The van der Waals surface area contributed by atoms with Gasteiger partial charge in [-0.2, -0.15) is 0 Å². The van der Waals surface area contributed by atoms with E-state index < -0.39 is 0 Å². The molecule has 158 valence electrons. The molecule has 0 amide bonds. The van der Waals surface area contributed by atoms with Gasteiger partial charge < -0.3 is 19.1 Å². The zero-order chi connectivity index (χ0) is 20.8. The highest BCUT2D eigenvalue weighted by Crippen LogP contribution is 2.31. The molecule has 2 aromatic carbocycles. The molecule has 0 aromatic heterocycles. The van der Waals surface area contributed by atoms with Crippen LogP contribution in [0.25, 0.3) is 0 Å². The summed E-state index contributed by atoms with van der Waals surface area (Å²) >= 11 is 0. The fraction of sp³-hybridized carbons (Fsp3) is 0.375. The lowest BCUT2D eigenvalue weighted by Gasteiger charge is -2.36. The minimum atomic E-state index is 0.141. The van der Waals surface area contributed by atoms with Gasteiger partial charge in [-0.3, -0.25) is 9.69 Å². The summed E-state index contributed by atoms with van der Waals surface area (Å²) in [6.45, 7) is 5.31. The van der Waals surface area contributed by atoms with Crippen molar-refractivity contribution in [2.24, 2.45) is 0 Å². The average molecular weight is 408 g/mol. The number of hydrogen-bond donors (Lipinski definition) is 0. The first-order valence-electron chi connectivity index (χ1n) is 10.5. The summed E-state index contributed by atoms with van der Waals surface area (Å²) in [6.07, 6.45) is 4.78. The first-order chi connectivity index (χ1) is 14.7. The number of para-hydroxylation sites is 2. The molecule has 0 saturated carbocycles. The summed E-state index contributed by atoms with van der Waals surface area (Å²) < 4.78 is 16.6. The molecule has 0 atom stereocenters. The van der Waals surface area contributed by atoms with Gasteiger partial charge in [0, 0.05) is 38.2 Å². The fourth-order valence-electron chi connectivity index (χ4n) is 3.90. The molecular formula is C24H28N2O4. The molecule has 4 rings (SSSR count). The van der Waals surface area contributed by atoms with Gasteiger partial charge in [-0.05, 0) is 49.4 Å². The lowest BCUT2D eigenvalue weighted by molar-refractivity contribution is 0.0974. The lowest BCUT2D eigenvalue weighted by atomic mass is 10.1. The van der Waals surface area contributed by atoms with E-state index in [0.29, 0.717) is 30.1 Å². The third-order valence-corrected chi connectivity index (χ3v) is 5.57. The summed E-state index contributed by atoms with van der Waals surface area (Å²) in [7, 11) is 1.71. The van der Waals surface area contributed by atoms with Crippen LogP contribution in [0.3, 0.4) is 0 Å². The van der Waals surface area contributed by atoms with Crippen LogP contribution in [-0.4, -0.2) is 57.1 Å². The van der Waals surface area contributed by atoms with Gasteiger partial charge in [0.25, 0.3) is 0 Å². The van der Waals surface area contributed by atoms with Crippen molar-refractivity contribution < 1.29 is 19.0 Å². The molecule has 0 spiro atoms. The van der Waals surface area contributed by atoms with E-state index in [9.17, 15) is 4.79 Å². The van der Waals surface area contributed by atoms with Crippen LogP contribution >= 0.6 is 0 Å². The van der Waals surface area contributed by atoms with Crippen LogP contribution < -0.4 is 19.1 Å². The monoisotopic (exact) mass is 408 g/mol. The standard InChI is InChI=1S/C24H28N2O4/c1-28-22-8-3-2-6-20(22)26-14-12-25(13-15-26)11-4-7-21(27)19-9-10-23-24(18-19)30-17-5-16-29-23/h2-3,5-6,8-10,17-18H,4,7,11-16H2,1H3. The quantitative estimate of drug-likeness (QED) is 0.650. The third kappa shape index (κ3) is 4.76. The van der Waals surface area contributed by atoms with E-state index in [1.807, 2.05) is 30.3 Å². The van der Waals surface area contributed by atoms with E-state index >= 15 is 0 Å². The maximum absolute atomic E-state index is 12.6. The van der Waals surface area contributed by atoms with Gasteiger partial charge in [0.15, 0.2) is 17.3 Å². The molecule has 2 heterocycles. The molecular weight excluding hydrogens is 380 g/mol. The Morgan fingerprint density at radius 3 is 2.73 bits per heavy atom. The highest BCUT2D eigenvalue weighted by atomic mass is 16.5. The number of ketones is 1. The predicted octanol–water partition coefficient (Wildman–Crippen LogP) is 3.77. The van der Waals surface area contributed by atoms with Gasteiger partial charge in [0.05, 0.1) is 19.1 Å². The summed E-state index contributed by atoms with van der Waals surface area (Å²) in [5, 5.41) is 0. The van der Waals surface area contributed by atoms with Gasteiger partial charge in [0.2, 0.25) is 0 Å². The molecule has 1 fully saturated rings. The van der Waals surface area contributed by atoms with E-state index in [0.717, 1.165) is 50.6 Å². The van der Waals surface area contributed by atoms with E-state index in [2.05, 4.69) is 15.9 Å². The van der Waals surface area contributed by atoms with Crippen LogP contribution in [0, 0.1) is 0 Å². The normalized spacial score (nSPS) is 16.2. The van der Waals surface area contributed by atoms with E-state index in [1.165, 1.54) is 0 Å². The fourth-order valence-corrected chi connectivity index (χ4v) is 3.90. The molecule has 6 heteroatoms. The van der Waals surface area contributed by atoms with Crippen LogP contribution in [0.2, 0.25) is 0 Å². The molecule has 0 N–H and O–H groups in total. The van der Waals surface area contributed by atoms with Gasteiger partial charge >= 0.3 is 0 Å². The second-order valence-electron chi connectivity index (χ2n) is 7.49. The Balaban J connectivity index is 1.24. The number of fused-ring (bicyclic) bond motifs is 1. The van der Waals surface area contributed by atoms with Crippen molar-refractivity contribution >= 4 is 11.5 Å². The molecule has 2 aliphatic rings. The van der Waals surface area contributed by atoms with Crippen molar-refractivity contribution in [3.05, 3.63) is 60.4 Å². The summed E-state index contributed by atoms with van der Waals surface area (Å²) in [5.74, 6) is 2.33. The van der Waals surface area contributed by atoms with E-state index in [4.69, 9.17) is 14.2 Å². The molecule has 0 bridgehead atoms. The van der Waals surface area contributed by atoms with Crippen LogP contribution in [0.5, 0.6) is 17.2 Å². The number of anilines is 1. The van der Waals surface area contributed by atoms with Gasteiger partial charge in [-0.15, -0.1) is 0 Å². The van der Waals surface area contributed by atoms with Crippen LogP contribution in [0.15, 0.2) is 54.8 Å². The maximum Gasteiger partial charge on any atom is 0.169 e. The Labute approximate surface area is 177 Å². The van der Waals surface area contributed by atoms with Crippen molar-refractivity contribution in [1.82, 2.24) is 4.90 Å². The second-order valence-corrected chi connectivity index (χ2v) is 7.49. The first-order valence-corrected chi connectivity index (χ1v) is 10.5. The minimum absolute atomic E-state index is 0.141. The lowest BCUT2D eigenvalue weighted by Crippen LogP contribution is -2.46. The average Bonchev–Trinajstić information content (AvgIpc) is 3.04. The molecule has 0 radical (unpaired) electrons. The number of ether oxygens (including phenoxy) is 3. The maximum atomic E-state index is 12.6. The third-order valence-electron chi connectivity index (χ3n) is 5.57. The molecule has 2 aromatic rings. The summed E-state index contributed by atoms with van der Waals surface area (Å²) in [5.41, 5.74) is 1.83. The van der Waals surface area contributed by atoms with Crippen LogP contribution in [-0.2, 0) is 0 Å². The van der Waals surface area contributed by atoms with Crippen molar-refractivity contribution in [1.29, 1.82) is 0 Å². The van der Waals surface area contributed by atoms with Crippen LogP contribution in [0.1, 0.15) is 23.2 Å². The number of carbonyl (C=O) groups is 1. The Kier molecular flexibility index (Phi) is 6.54. The molecule has 1 saturated heterocycles. The molecule has 0 unspecified atom stereocenters. The molecule has 2 aliphatic heterocycles. The number of piperazine rings is 1. The highest BCUT2D eigenvalue weighted by molar-refractivity contribution is 5.96. The largest absolute Gasteiger partial charge is 0.495 e.